The van der Waals surface area contributed by atoms with Gasteiger partial charge in [0.25, 0.3) is 0 Å². The maximum atomic E-state index is 11.8. The van der Waals surface area contributed by atoms with Crippen molar-refractivity contribution in [2.75, 3.05) is 5.32 Å². The van der Waals surface area contributed by atoms with E-state index in [4.69, 9.17) is 5.73 Å². The average molecular weight is 220 g/mol. The number of hydrogen-bond donors (Lipinski definition) is 2. The van der Waals surface area contributed by atoms with Gasteiger partial charge in [-0.05, 0) is 25.0 Å². The summed E-state index contributed by atoms with van der Waals surface area (Å²) in [5.41, 5.74) is 7.81. The SMILES string of the molecule is CCC(C)C(N)C(=O)Nc1ccc(C)cc1. The minimum atomic E-state index is -0.439. The van der Waals surface area contributed by atoms with E-state index in [9.17, 15) is 4.79 Å². The molecule has 0 aliphatic carbocycles. The summed E-state index contributed by atoms with van der Waals surface area (Å²) in [7, 11) is 0. The van der Waals surface area contributed by atoms with Gasteiger partial charge in [0.15, 0.2) is 0 Å². The van der Waals surface area contributed by atoms with Crippen LogP contribution >= 0.6 is 0 Å². The molecule has 1 amide bonds. The molecule has 3 nitrogen and oxygen atoms in total. The van der Waals surface area contributed by atoms with E-state index in [1.54, 1.807) is 0 Å². The minimum Gasteiger partial charge on any atom is -0.325 e. The van der Waals surface area contributed by atoms with E-state index in [1.165, 1.54) is 5.56 Å². The number of nitrogens with two attached hydrogens (primary N) is 1. The van der Waals surface area contributed by atoms with Gasteiger partial charge in [-0.3, -0.25) is 4.79 Å². The lowest BCUT2D eigenvalue weighted by Crippen LogP contribution is -2.40. The summed E-state index contributed by atoms with van der Waals surface area (Å²) in [4.78, 5) is 11.8. The Bertz CT molecular complexity index is 345. The monoisotopic (exact) mass is 220 g/mol. The number of nitrogens with one attached hydrogen (secondary N) is 1. The van der Waals surface area contributed by atoms with Crippen LogP contribution in [0.5, 0.6) is 0 Å². The van der Waals surface area contributed by atoms with Crippen LogP contribution in [0.1, 0.15) is 25.8 Å². The lowest BCUT2D eigenvalue weighted by atomic mass is 9.99. The standard InChI is InChI=1S/C13H20N2O/c1-4-10(3)12(14)13(16)15-11-7-5-9(2)6-8-11/h5-8,10,12H,4,14H2,1-3H3,(H,15,16). The van der Waals surface area contributed by atoms with Crippen LogP contribution in [0.25, 0.3) is 0 Å². The number of carbonyl (C=O) groups is 1. The van der Waals surface area contributed by atoms with Crippen molar-refractivity contribution in [3.63, 3.8) is 0 Å². The van der Waals surface area contributed by atoms with Gasteiger partial charge in [0.1, 0.15) is 0 Å². The molecule has 0 aliphatic rings. The van der Waals surface area contributed by atoms with Crippen molar-refractivity contribution in [2.24, 2.45) is 11.7 Å². The summed E-state index contributed by atoms with van der Waals surface area (Å²) < 4.78 is 0. The molecule has 2 atom stereocenters. The van der Waals surface area contributed by atoms with Crippen LogP contribution < -0.4 is 11.1 Å². The van der Waals surface area contributed by atoms with Gasteiger partial charge >= 0.3 is 0 Å². The number of rotatable bonds is 4. The van der Waals surface area contributed by atoms with Crippen molar-refractivity contribution >= 4 is 11.6 Å². The summed E-state index contributed by atoms with van der Waals surface area (Å²) >= 11 is 0. The first-order chi connectivity index (χ1) is 7.54. The number of hydrogen-bond acceptors (Lipinski definition) is 2. The molecule has 3 heteroatoms. The van der Waals surface area contributed by atoms with Gasteiger partial charge < -0.3 is 11.1 Å². The predicted octanol–water partition coefficient (Wildman–Crippen LogP) is 2.31. The zero-order chi connectivity index (χ0) is 12.1. The zero-order valence-corrected chi connectivity index (χ0v) is 10.2. The van der Waals surface area contributed by atoms with Crippen molar-refractivity contribution in [3.8, 4) is 0 Å². The highest BCUT2D eigenvalue weighted by molar-refractivity contribution is 5.94. The lowest BCUT2D eigenvalue weighted by Gasteiger charge is -2.17. The minimum absolute atomic E-state index is 0.113. The third-order valence-electron chi connectivity index (χ3n) is 2.88. The second-order valence-electron chi connectivity index (χ2n) is 4.27. The Balaban J connectivity index is 2.60. The highest BCUT2D eigenvalue weighted by Crippen LogP contribution is 2.11. The van der Waals surface area contributed by atoms with Crippen LogP contribution in [0.3, 0.4) is 0 Å². The molecule has 0 fully saturated rings. The second-order valence-corrected chi connectivity index (χ2v) is 4.27. The lowest BCUT2D eigenvalue weighted by molar-refractivity contribution is -0.118. The molecule has 3 N–H and O–H groups in total. The van der Waals surface area contributed by atoms with E-state index < -0.39 is 6.04 Å². The van der Waals surface area contributed by atoms with Crippen LogP contribution in [-0.4, -0.2) is 11.9 Å². The first kappa shape index (κ1) is 12.7. The maximum Gasteiger partial charge on any atom is 0.241 e. The quantitative estimate of drug-likeness (QED) is 0.818. The molecular weight excluding hydrogens is 200 g/mol. The molecule has 0 aromatic heterocycles. The molecular formula is C13H20N2O. The fourth-order valence-electron chi connectivity index (χ4n) is 1.37. The van der Waals surface area contributed by atoms with Crippen LogP contribution in [-0.2, 0) is 4.79 Å². The normalized spacial score (nSPS) is 14.2. The Morgan fingerprint density at radius 3 is 2.44 bits per heavy atom. The Morgan fingerprint density at radius 2 is 1.94 bits per heavy atom. The van der Waals surface area contributed by atoms with Gasteiger partial charge in [0.2, 0.25) is 5.91 Å². The maximum absolute atomic E-state index is 11.8. The van der Waals surface area contributed by atoms with Crippen molar-refractivity contribution in [1.82, 2.24) is 0 Å². The van der Waals surface area contributed by atoms with E-state index >= 15 is 0 Å². The fourth-order valence-corrected chi connectivity index (χ4v) is 1.37. The summed E-state index contributed by atoms with van der Waals surface area (Å²) in [6.45, 7) is 6.03. The van der Waals surface area contributed by atoms with E-state index in [2.05, 4.69) is 5.32 Å². The molecule has 0 saturated heterocycles. The van der Waals surface area contributed by atoms with Gasteiger partial charge in [-0.25, -0.2) is 0 Å². The first-order valence-corrected chi connectivity index (χ1v) is 5.67. The van der Waals surface area contributed by atoms with Crippen LogP contribution in [0.4, 0.5) is 5.69 Å². The molecule has 0 saturated carbocycles. The topological polar surface area (TPSA) is 55.1 Å². The third-order valence-corrected chi connectivity index (χ3v) is 2.88. The second kappa shape index (κ2) is 5.66. The summed E-state index contributed by atoms with van der Waals surface area (Å²) in [5, 5.41) is 2.82. The van der Waals surface area contributed by atoms with E-state index in [1.807, 2.05) is 45.0 Å². The van der Waals surface area contributed by atoms with Gasteiger partial charge in [-0.1, -0.05) is 38.0 Å². The Hall–Kier alpha value is -1.35. The van der Waals surface area contributed by atoms with Gasteiger partial charge in [-0.15, -0.1) is 0 Å². The Kier molecular flexibility index (Phi) is 4.50. The van der Waals surface area contributed by atoms with E-state index in [0.717, 1.165) is 12.1 Å². The van der Waals surface area contributed by atoms with Crippen molar-refractivity contribution < 1.29 is 4.79 Å². The van der Waals surface area contributed by atoms with Gasteiger partial charge in [0, 0.05) is 5.69 Å². The molecule has 0 spiro atoms. The summed E-state index contributed by atoms with van der Waals surface area (Å²) in [6, 6.07) is 7.26. The van der Waals surface area contributed by atoms with Crippen molar-refractivity contribution in [1.29, 1.82) is 0 Å². The molecule has 16 heavy (non-hydrogen) atoms. The number of amides is 1. The smallest absolute Gasteiger partial charge is 0.241 e. The number of benzene rings is 1. The highest BCUT2D eigenvalue weighted by atomic mass is 16.2. The third kappa shape index (κ3) is 3.35. The molecule has 2 unspecified atom stereocenters. The Morgan fingerprint density at radius 1 is 1.38 bits per heavy atom. The average Bonchev–Trinajstić information content (AvgIpc) is 2.30. The first-order valence-electron chi connectivity index (χ1n) is 5.67. The van der Waals surface area contributed by atoms with Crippen LogP contribution in [0.15, 0.2) is 24.3 Å². The van der Waals surface area contributed by atoms with Gasteiger partial charge in [-0.2, -0.15) is 0 Å². The zero-order valence-electron chi connectivity index (χ0n) is 10.2. The predicted molar refractivity (Wildman–Crippen MR) is 67.2 cm³/mol. The molecule has 0 bridgehead atoms. The molecule has 1 aromatic rings. The van der Waals surface area contributed by atoms with Gasteiger partial charge in [0.05, 0.1) is 6.04 Å². The number of aryl methyl sites for hydroxylation is 1. The van der Waals surface area contributed by atoms with Crippen molar-refractivity contribution in [3.05, 3.63) is 29.8 Å². The largest absolute Gasteiger partial charge is 0.325 e. The summed E-state index contributed by atoms with van der Waals surface area (Å²) in [6.07, 6.45) is 0.905. The molecule has 0 aliphatic heterocycles. The molecule has 0 radical (unpaired) electrons. The molecule has 1 rings (SSSR count). The number of carbonyl (C=O) groups excluding carboxylic acids is 1. The van der Waals surface area contributed by atoms with Crippen LogP contribution in [0, 0.1) is 12.8 Å². The van der Waals surface area contributed by atoms with E-state index in [0.29, 0.717) is 0 Å². The molecule has 1 aromatic carbocycles. The molecule has 88 valence electrons. The Labute approximate surface area is 97.0 Å². The van der Waals surface area contributed by atoms with Crippen molar-refractivity contribution in [2.45, 2.75) is 33.2 Å². The van der Waals surface area contributed by atoms with Crippen LogP contribution in [0.2, 0.25) is 0 Å². The fraction of sp³-hybridized carbons (Fsp3) is 0.462. The summed E-state index contributed by atoms with van der Waals surface area (Å²) in [5.74, 6) is 0.0867. The highest BCUT2D eigenvalue weighted by Gasteiger charge is 2.19. The number of anilines is 1. The molecule has 0 heterocycles. The van der Waals surface area contributed by atoms with E-state index in [-0.39, 0.29) is 11.8 Å².